The highest BCUT2D eigenvalue weighted by molar-refractivity contribution is 5.87. The molecule has 0 aromatic carbocycles. The Hall–Kier alpha value is -1.04. The van der Waals surface area contributed by atoms with E-state index in [2.05, 4.69) is 5.16 Å². The van der Waals surface area contributed by atoms with Crippen LogP contribution < -0.4 is 0 Å². The summed E-state index contributed by atoms with van der Waals surface area (Å²) in [5.41, 5.74) is 0.992. The first-order chi connectivity index (χ1) is 4.74. The van der Waals surface area contributed by atoms with Crippen molar-refractivity contribution in [3.05, 3.63) is 0 Å². The van der Waals surface area contributed by atoms with Crippen molar-refractivity contribution in [2.75, 3.05) is 0 Å². The summed E-state index contributed by atoms with van der Waals surface area (Å²) in [6, 6.07) is 2.01. The molecule has 0 aliphatic carbocycles. The fourth-order valence-electron chi connectivity index (χ4n) is 0.806. The van der Waals surface area contributed by atoms with E-state index < -0.39 is 0 Å². The van der Waals surface area contributed by atoms with Crippen LogP contribution in [0.4, 0.5) is 0 Å². The molecule has 0 fully saturated rings. The molecule has 54 valence electrons. The van der Waals surface area contributed by atoms with Crippen molar-refractivity contribution in [3.8, 4) is 6.07 Å². The molecule has 1 rings (SSSR count). The van der Waals surface area contributed by atoms with Gasteiger partial charge in [0, 0.05) is 6.42 Å². The summed E-state index contributed by atoms with van der Waals surface area (Å²) >= 11 is 0. The number of hydrogen-bond acceptors (Lipinski definition) is 3. The Morgan fingerprint density at radius 3 is 2.80 bits per heavy atom. The van der Waals surface area contributed by atoms with Gasteiger partial charge in [-0.1, -0.05) is 19.0 Å². The summed E-state index contributed by atoms with van der Waals surface area (Å²) in [5, 5.41) is 12.2. The highest BCUT2D eigenvalue weighted by atomic mass is 16.6. The third-order valence-electron chi connectivity index (χ3n) is 1.50. The Morgan fingerprint density at radius 1 is 1.80 bits per heavy atom. The largest absolute Gasteiger partial charge is 0.377 e. The summed E-state index contributed by atoms with van der Waals surface area (Å²) in [7, 11) is 0. The van der Waals surface area contributed by atoms with Crippen LogP contribution >= 0.6 is 0 Å². The third-order valence-corrected chi connectivity index (χ3v) is 1.50. The number of rotatable bonds is 1. The van der Waals surface area contributed by atoms with E-state index in [-0.39, 0.29) is 6.10 Å². The molecule has 0 radical (unpaired) electrons. The Labute approximate surface area is 60.3 Å². The van der Waals surface area contributed by atoms with Crippen molar-refractivity contribution >= 4 is 5.71 Å². The van der Waals surface area contributed by atoms with Gasteiger partial charge in [-0.05, 0) is 5.92 Å². The molecule has 0 saturated carbocycles. The summed E-state index contributed by atoms with van der Waals surface area (Å²) in [4.78, 5) is 4.80. The van der Waals surface area contributed by atoms with Crippen LogP contribution in [0.5, 0.6) is 0 Å². The Balaban J connectivity index is 2.49. The van der Waals surface area contributed by atoms with Gasteiger partial charge in [0.15, 0.2) is 0 Å². The molecule has 0 aromatic rings. The third kappa shape index (κ3) is 1.27. The first-order valence-corrected chi connectivity index (χ1v) is 3.36. The number of hydrogen-bond donors (Lipinski definition) is 0. The predicted molar refractivity (Wildman–Crippen MR) is 37.4 cm³/mol. The molecule has 0 bridgehead atoms. The average molecular weight is 138 g/mol. The number of nitriles is 1. The molecule has 1 heterocycles. The van der Waals surface area contributed by atoms with Crippen molar-refractivity contribution in [3.63, 3.8) is 0 Å². The van der Waals surface area contributed by atoms with Crippen molar-refractivity contribution in [2.24, 2.45) is 11.1 Å². The molecule has 0 saturated heterocycles. The highest BCUT2D eigenvalue weighted by Gasteiger charge is 2.21. The van der Waals surface area contributed by atoms with E-state index in [1.165, 1.54) is 0 Å². The zero-order chi connectivity index (χ0) is 7.56. The van der Waals surface area contributed by atoms with Gasteiger partial charge >= 0.3 is 0 Å². The molecule has 0 N–H and O–H groups in total. The van der Waals surface area contributed by atoms with Crippen molar-refractivity contribution < 1.29 is 4.84 Å². The van der Waals surface area contributed by atoms with Gasteiger partial charge in [0.1, 0.15) is 6.07 Å². The van der Waals surface area contributed by atoms with Gasteiger partial charge in [-0.25, -0.2) is 0 Å². The second-order valence-corrected chi connectivity index (χ2v) is 2.66. The van der Waals surface area contributed by atoms with E-state index in [4.69, 9.17) is 10.1 Å². The standard InChI is InChI=1S/C7H10N2O/c1-5(2)7-3-6(4-8)10-9-7/h5-6H,3H2,1-2H3/t6-/m0/s1. The SMILES string of the molecule is CC(C)C1=NO[C@H](C#N)C1. The first kappa shape index (κ1) is 7.07. The van der Waals surface area contributed by atoms with Crippen LogP contribution in [0.2, 0.25) is 0 Å². The zero-order valence-corrected chi connectivity index (χ0v) is 6.16. The van der Waals surface area contributed by atoms with Crippen LogP contribution in [-0.2, 0) is 4.84 Å². The fourth-order valence-corrected chi connectivity index (χ4v) is 0.806. The van der Waals surface area contributed by atoms with Crippen LogP contribution in [0.25, 0.3) is 0 Å². The van der Waals surface area contributed by atoms with Crippen LogP contribution in [0.3, 0.4) is 0 Å². The molecule has 1 atom stereocenters. The molecule has 3 heteroatoms. The smallest absolute Gasteiger partial charge is 0.217 e. The van der Waals surface area contributed by atoms with Crippen molar-refractivity contribution in [1.29, 1.82) is 5.26 Å². The molecular weight excluding hydrogens is 128 g/mol. The van der Waals surface area contributed by atoms with Crippen LogP contribution in [0, 0.1) is 17.2 Å². The lowest BCUT2D eigenvalue weighted by Crippen LogP contribution is -2.08. The van der Waals surface area contributed by atoms with E-state index in [9.17, 15) is 0 Å². The van der Waals surface area contributed by atoms with Gasteiger partial charge in [0.2, 0.25) is 6.10 Å². The van der Waals surface area contributed by atoms with E-state index in [1.807, 2.05) is 19.9 Å². The van der Waals surface area contributed by atoms with Crippen molar-refractivity contribution in [2.45, 2.75) is 26.4 Å². The van der Waals surface area contributed by atoms with Crippen LogP contribution in [0.1, 0.15) is 20.3 Å². The maximum atomic E-state index is 8.42. The van der Waals surface area contributed by atoms with E-state index in [0.29, 0.717) is 12.3 Å². The second kappa shape index (κ2) is 2.70. The first-order valence-electron chi connectivity index (χ1n) is 3.36. The molecule has 0 amide bonds. The van der Waals surface area contributed by atoms with Gasteiger partial charge < -0.3 is 4.84 Å². The minimum atomic E-state index is -0.336. The van der Waals surface area contributed by atoms with Gasteiger partial charge in [0.05, 0.1) is 5.71 Å². The van der Waals surface area contributed by atoms with E-state index >= 15 is 0 Å². The molecule has 0 spiro atoms. The maximum Gasteiger partial charge on any atom is 0.217 e. The van der Waals surface area contributed by atoms with Crippen LogP contribution in [-0.4, -0.2) is 11.8 Å². The lowest BCUT2D eigenvalue weighted by molar-refractivity contribution is 0.125. The van der Waals surface area contributed by atoms with Gasteiger partial charge in [-0.2, -0.15) is 5.26 Å². The Morgan fingerprint density at radius 2 is 2.50 bits per heavy atom. The minimum absolute atomic E-state index is 0.336. The Bertz CT molecular complexity index is 190. The molecular formula is C7H10N2O. The summed E-state index contributed by atoms with van der Waals surface area (Å²) in [6.45, 7) is 4.09. The normalized spacial score (nSPS) is 23.8. The number of oxime groups is 1. The predicted octanol–water partition coefficient (Wildman–Crippen LogP) is 1.31. The van der Waals surface area contributed by atoms with Crippen molar-refractivity contribution in [1.82, 2.24) is 0 Å². The van der Waals surface area contributed by atoms with Gasteiger partial charge in [-0.3, -0.25) is 0 Å². The quantitative estimate of drug-likeness (QED) is 0.548. The molecule has 0 unspecified atom stereocenters. The monoisotopic (exact) mass is 138 g/mol. The van der Waals surface area contributed by atoms with Crippen LogP contribution in [0.15, 0.2) is 5.16 Å². The summed E-state index contributed by atoms with van der Waals surface area (Å²) < 4.78 is 0. The zero-order valence-electron chi connectivity index (χ0n) is 6.16. The second-order valence-electron chi connectivity index (χ2n) is 2.66. The molecule has 3 nitrogen and oxygen atoms in total. The Kier molecular flexibility index (Phi) is 1.91. The summed E-state index contributed by atoms with van der Waals surface area (Å²) in [6.07, 6.45) is 0.339. The fraction of sp³-hybridized carbons (Fsp3) is 0.714. The average Bonchev–Trinajstić information content (AvgIpc) is 2.34. The molecule has 1 aliphatic rings. The molecule has 10 heavy (non-hydrogen) atoms. The maximum absolute atomic E-state index is 8.42. The lowest BCUT2D eigenvalue weighted by atomic mass is 10.0. The topological polar surface area (TPSA) is 45.4 Å². The minimum Gasteiger partial charge on any atom is -0.377 e. The van der Waals surface area contributed by atoms with E-state index in [1.54, 1.807) is 0 Å². The number of nitrogens with zero attached hydrogens (tertiary/aromatic N) is 2. The highest BCUT2D eigenvalue weighted by Crippen LogP contribution is 2.14. The van der Waals surface area contributed by atoms with Gasteiger partial charge in [-0.15, -0.1) is 0 Å². The summed E-state index contributed by atoms with van der Waals surface area (Å²) in [5.74, 6) is 0.401. The molecule has 0 aromatic heterocycles. The van der Waals surface area contributed by atoms with Gasteiger partial charge in [0.25, 0.3) is 0 Å². The van der Waals surface area contributed by atoms with E-state index in [0.717, 1.165) is 5.71 Å². The molecule has 1 aliphatic heterocycles. The lowest BCUT2D eigenvalue weighted by Gasteiger charge is -1.98.